The monoisotopic (exact) mass is 274 g/mol. The molecule has 3 heteroatoms. The standard InChI is InChI=1S/C17H26N2O/c1-14-7-6-8-15(13-14)17(9-4-5-10-17)16(20)19(3)12-11-18-2/h6-8,13,18H,4-5,9-12H2,1-3H3. The van der Waals surface area contributed by atoms with Crippen LogP contribution in [-0.2, 0) is 10.2 Å². The summed E-state index contributed by atoms with van der Waals surface area (Å²) in [6, 6.07) is 8.49. The van der Waals surface area contributed by atoms with E-state index in [4.69, 9.17) is 0 Å². The highest BCUT2D eigenvalue weighted by Crippen LogP contribution is 2.42. The molecule has 0 atom stereocenters. The molecule has 2 rings (SSSR count). The number of hydrogen-bond acceptors (Lipinski definition) is 2. The van der Waals surface area contributed by atoms with Gasteiger partial charge in [0.05, 0.1) is 5.41 Å². The molecular formula is C17H26N2O. The number of benzene rings is 1. The lowest BCUT2D eigenvalue weighted by atomic mass is 9.77. The molecule has 1 fully saturated rings. The van der Waals surface area contributed by atoms with Crippen molar-refractivity contribution in [1.29, 1.82) is 0 Å². The lowest BCUT2D eigenvalue weighted by molar-refractivity contribution is -0.136. The van der Waals surface area contributed by atoms with E-state index in [0.717, 1.165) is 38.8 Å². The Kier molecular flexibility index (Phi) is 4.81. The molecule has 0 unspecified atom stereocenters. The lowest BCUT2D eigenvalue weighted by Crippen LogP contribution is -2.45. The van der Waals surface area contributed by atoms with E-state index >= 15 is 0 Å². The molecule has 0 saturated heterocycles. The quantitative estimate of drug-likeness (QED) is 0.894. The van der Waals surface area contributed by atoms with Gasteiger partial charge in [0, 0.05) is 20.1 Å². The summed E-state index contributed by atoms with van der Waals surface area (Å²) >= 11 is 0. The Bertz CT molecular complexity index is 464. The first-order valence-corrected chi connectivity index (χ1v) is 7.57. The molecular weight excluding hydrogens is 248 g/mol. The van der Waals surface area contributed by atoms with Gasteiger partial charge in [-0.15, -0.1) is 0 Å². The molecule has 3 nitrogen and oxygen atoms in total. The molecule has 0 aliphatic heterocycles. The molecule has 1 aromatic rings. The molecule has 1 saturated carbocycles. The van der Waals surface area contributed by atoms with Gasteiger partial charge in [-0.1, -0.05) is 42.7 Å². The summed E-state index contributed by atoms with van der Waals surface area (Å²) in [5.74, 6) is 0.288. The number of carbonyl (C=O) groups excluding carboxylic acids is 1. The highest BCUT2D eigenvalue weighted by Gasteiger charge is 2.44. The number of nitrogens with one attached hydrogen (secondary N) is 1. The van der Waals surface area contributed by atoms with Crippen molar-refractivity contribution in [2.45, 2.75) is 38.0 Å². The highest BCUT2D eigenvalue weighted by atomic mass is 16.2. The van der Waals surface area contributed by atoms with Crippen LogP contribution in [0.25, 0.3) is 0 Å². The van der Waals surface area contributed by atoms with E-state index in [0.29, 0.717) is 0 Å². The number of amides is 1. The Hall–Kier alpha value is -1.35. The van der Waals surface area contributed by atoms with Gasteiger partial charge < -0.3 is 10.2 Å². The molecule has 0 radical (unpaired) electrons. The summed E-state index contributed by atoms with van der Waals surface area (Å²) in [6.45, 7) is 3.70. The summed E-state index contributed by atoms with van der Waals surface area (Å²) in [7, 11) is 3.85. The van der Waals surface area contributed by atoms with Crippen LogP contribution in [0.1, 0.15) is 36.8 Å². The number of likely N-dealkylation sites (N-methyl/N-ethyl adjacent to an activating group) is 2. The second kappa shape index (κ2) is 6.40. The van der Waals surface area contributed by atoms with Crippen LogP contribution in [0, 0.1) is 6.92 Å². The second-order valence-electron chi connectivity index (χ2n) is 5.99. The van der Waals surface area contributed by atoms with Crippen LogP contribution in [0.2, 0.25) is 0 Å². The van der Waals surface area contributed by atoms with Gasteiger partial charge >= 0.3 is 0 Å². The maximum atomic E-state index is 13.0. The van der Waals surface area contributed by atoms with Crippen molar-refractivity contribution in [3.05, 3.63) is 35.4 Å². The van der Waals surface area contributed by atoms with Gasteiger partial charge in [-0.05, 0) is 32.4 Å². The van der Waals surface area contributed by atoms with E-state index in [1.165, 1.54) is 11.1 Å². The number of aryl methyl sites for hydroxylation is 1. The zero-order valence-corrected chi connectivity index (χ0v) is 12.9. The zero-order valence-electron chi connectivity index (χ0n) is 12.9. The molecule has 1 aliphatic rings. The van der Waals surface area contributed by atoms with Crippen LogP contribution in [0.3, 0.4) is 0 Å². The van der Waals surface area contributed by atoms with Crippen LogP contribution < -0.4 is 5.32 Å². The van der Waals surface area contributed by atoms with Crippen LogP contribution in [-0.4, -0.2) is 38.0 Å². The van der Waals surface area contributed by atoms with Crippen LogP contribution in [0.4, 0.5) is 0 Å². The average molecular weight is 274 g/mol. The SMILES string of the molecule is CNCCN(C)C(=O)C1(c2cccc(C)c2)CCCC1. The molecule has 20 heavy (non-hydrogen) atoms. The summed E-state index contributed by atoms with van der Waals surface area (Å²) < 4.78 is 0. The second-order valence-corrected chi connectivity index (χ2v) is 5.99. The Labute approximate surface area is 122 Å². The van der Waals surface area contributed by atoms with Crippen molar-refractivity contribution in [2.24, 2.45) is 0 Å². The minimum atomic E-state index is -0.283. The van der Waals surface area contributed by atoms with E-state index < -0.39 is 0 Å². The van der Waals surface area contributed by atoms with Crippen LogP contribution in [0.15, 0.2) is 24.3 Å². The maximum Gasteiger partial charge on any atom is 0.233 e. The van der Waals surface area contributed by atoms with E-state index in [9.17, 15) is 4.79 Å². The first kappa shape index (κ1) is 15.0. The fourth-order valence-corrected chi connectivity index (χ4v) is 3.29. The van der Waals surface area contributed by atoms with Crippen molar-refractivity contribution in [3.8, 4) is 0 Å². The predicted molar refractivity (Wildman–Crippen MR) is 82.9 cm³/mol. The van der Waals surface area contributed by atoms with Crippen molar-refractivity contribution in [1.82, 2.24) is 10.2 Å². The minimum Gasteiger partial charge on any atom is -0.344 e. The van der Waals surface area contributed by atoms with Crippen LogP contribution in [0.5, 0.6) is 0 Å². The normalized spacial score (nSPS) is 17.1. The van der Waals surface area contributed by atoms with E-state index in [1.807, 2.05) is 19.0 Å². The van der Waals surface area contributed by atoms with Gasteiger partial charge in [0.1, 0.15) is 0 Å². The third kappa shape index (κ3) is 2.88. The van der Waals surface area contributed by atoms with Crippen molar-refractivity contribution >= 4 is 5.91 Å². The van der Waals surface area contributed by atoms with Gasteiger partial charge in [0.2, 0.25) is 5.91 Å². The Balaban J connectivity index is 2.28. The molecule has 0 aromatic heterocycles. The molecule has 1 aromatic carbocycles. The molecule has 0 spiro atoms. The highest BCUT2D eigenvalue weighted by molar-refractivity contribution is 5.88. The summed E-state index contributed by atoms with van der Waals surface area (Å²) in [5, 5.41) is 3.11. The molecule has 0 bridgehead atoms. The summed E-state index contributed by atoms with van der Waals surface area (Å²) in [4.78, 5) is 14.9. The first-order chi connectivity index (χ1) is 9.60. The molecule has 1 amide bonds. The first-order valence-electron chi connectivity index (χ1n) is 7.57. The van der Waals surface area contributed by atoms with Gasteiger partial charge in [0.25, 0.3) is 0 Å². The van der Waals surface area contributed by atoms with Gasteiger partial charge in [-0.2, -0.15) is 0 Å². The number of carbonyl (C=O) groups is 1. The van der Waals surface area contributed by atoms with Gasteiger partial charge in [-0.25, -0.2) is 0 Å². The van der Waals surface area contributed by atoms with Gasteiger partial charge in [0.15, 0.2) is 0 Å². The maximum absolute atomic E-state index is 13.0. The number of nitrogens with zero attached hydrogens (tertiary/aromatic N) is 1. The largest absolute Gasteiger partial charge is 0.344 e. The van der Waals surface area contributed by atoms with Crippen molar-refractivity contribution in [3.63, 3.8) is 0 Å². The number of rotatable bonds is 5. The molecule has 110 valence electrons. The zero-order chi connectivity index (χ0) is 14.6. The third-order valence-corrected chi connectivity index (χ3v) is 4.48. The fourth-order valence-electron chi connectivity index (χ4n) is 3.29. The smallest absolute Gasteiger partial charge is 0.233 e. The Morgan fingerprint density at radius 2 is 2.05 bits per heavy atom. The number of hydrogen-bond donors (Lipinski definition) is 1. The van der Waals surface area contributed by atoms with E-state index in [2.05, 4.69) is 36.5 Å². The van der Waals surface area contributed by atoms with Gasteiger partial charge in [-0.3, -0.25) is 4.79 Å². The fraction of sp³-hybridized carbons (Fsp3) is 0.588. The molecule has 0 heterocycles. The topological polar surface area (TPSA) is 32.3 Å². The van der Waals surface area contributed by atoms with E-state index in [-0.39, 0.29) is 11.3 Å². The lowest BCUT2D eigenvalue weighted by Gasteiger charge is -2.33. The minimum absolute atomic E-state index is 0.283. The van der Waals surface area contributed by atoms with Crippen molar-refractivity contribution in [2.75, 3.05) is 27.2 Å². The third-order valence-electron chi connectivity index (χ3n) is 4.48. The Morgan fingerprint density at radius 1 is 1.35 bits per heavy atom. The molecule has 1 N–H and O–H groups in total. The van der Waals surface area contributed by atoms with Crippen molar-refractivity contribution < 1.29 is 4.79 Å². The van der Waals surface area contributed by atoms with E-state index in [1.54, 1.807) is 0 Å². The molecule has 1 aliphatic carbocycles. The summed E-state index contributed by atoms with van der Waals surface area (Å²) in [6.07, 6.45) is 4.28. The Morgan fingerprint density at radius 3 is 2.65 bits per heavy atom. The van der Waals surface area contributed by atoms with Crippen LogP contribution >= 0.6 is 0 Å². The average Bonchev–Trinajstić information content (AvgIpc) is 2.94. The summed E-state index contributed by atoms with van der Waals surface area (Å²) in [5.41, 5.74) is 2.16. The predicted octanol–water partition coefficient (Wildman–Crippen LogP) is 2.48.